The van der Waals surface area contributed by atoms with Gasteiger partial charge in [0.2, 0.25) is 11.8 Å². The molecule has 0 spiro atoms. The molecule has 7 rings (SSSR count). The highest BCUT2D eigenvalue weighted by molar-refractivity contribution is 7.16. The number of thiophene rings is 1. The van der Waals surface area contributed by atoms with Crippen molar-refractivity contribution in [1.82, 2.24) is 35.0 Å². The van der Waals surface area contributed by atoms with E-state index in [1.165, 1.54) is 11.3 Å². The smallest absolute Gasteiger partial charge is 0.352 e. The number of H-pyrrole nitrogens is 1. The molecule has 14 heteroatoms. The maximum absolute atomic E-state index is 13.3. The van der Waals surface area contributed by atoms with E-state index < -0.39 is 23.8 Å². The molecule has 2 N–H and O–H groups in total. The van der Waals surface area contributed by atoms with Gasteiger partial charge in [-0.1, -0.05) is 18.2 Å². The number of carbonyl (C=O) groups excluding carboxylic acids is 2. The summed E-state index contributed by atoms with van der Waals surface area (Å²) >= 11 is 1.48. The van der Waals surface area contributed by atoms with Crippen molar-refractivity contribution in [3.8, 4) is 0 Å². The van der Waals surface area contributed by atoms with Crippen LogP contribution < -0.4 is 10.2 Å². The summed E-state index contributed by atoms with van der Waals surface area (Å²) in [6, 6.07) is 8.94. The fraction of sp³-hybridized carbons (Fsp3) is 0.167. The molecule has 0 saturated carbocycles. The monoisotopic (exact) mass is 536 g/mol. The van der Waals surface area contributed by atoms with Gasteiger partial charge in [-0.15, -0.1) is 21.5 Å². The number of amides is 2. The number of aromatic nitrogens is 6. The largest absolute Gasteiger partial charge is 0.451 e. The molecular weight excluding hydrogens is 521 g/mol. The van der Waals surface area contributed by atoms with E-state index in [2.05, 4.69) is 25.5 Å². The molecule has 10 nitrogen and oxygen atoms in total. The standard InChI is InChI=1S/C24H15F3N8O2S/c25-24(26,27)22-33-32-15-10-34(6-7-35(15)22)23-29-14-4-2-1-3-12(14)18(30-23)17-16(19(36)31-20(17)37)13-9-28-21-11(13)5-8-38-21/h1-5,8-9,28H,6-7,10H2,(H,31,36,37). The first-order valence-corrected chi connectivity index (χ1v) is 12.3. The number of alkyl halides is 3. The van der Waals surface area contributed by atoms with Gasteiger partial charge in [-0.25, -0.2) is 9.97 Å². The molecule has 190 valence electrons. The van der Waals surface area contributed by atoms with Crippen molar-refractivity contribution in [1.29, 1.82) is 0 Å². The zero-order chi connectivity index (χ0) is 26.2. The van der Waals surface area contributed by atoms with Crippen LogP contribution in [-0.4, -0.2) is 48.1 Å². The Kier molecular flexibility index (Phi) is 4.73. The Morgan fingerprint density at radius 3 is 2.61 bits per heavy atom. The van der Waals surface area contributed by atoms with Gasteiger partial charge in [0.1, 0.15) is 4.83 Å². The summed E-state index contributed by atoms with van der Waals surface area (Å²) in [5.74, 6) is -1.84. The number of aromatic amines is 1. The van der Waals surface area contributed by atoms with Gasteiger partial charge in [0.15, 0.2) is 5.82 Å². The lowest BCUT2D eigenvalue weighted by atomic mass is 9.97. The lowest BCUT2D eigenvalue weighted by Gasteiger charge is -2.28. The zero-order valence-electron chi connectivity index (χ0n) is 19.2. The Balaban J connectivity index is 1.39. The molecule has 0 unspecified atom stereocenters. The highest BCUT2D eigenvalue weighted by Gasteiger charge is 2.40. The van der Waals surface area contributed by atoms with Gasteiger partial charge in [-0.2, -0.15) is 13.2 Å². The number of halogens is 3. The molecule has 0 fully saturated rings. The van der Waals surface area contributed by atoms with Crippen LogP contribution in [0.25, 0.3) is 32.3 Å². The first-order valence-electron chi connectivity index (χ1n) is 11.5. The summed E-state index contributed by atoms with van der Waals surface area (Å²) in [4.78, 5) is 41.2. The van der Waals surface area contributed by atoms with Gasteiger partial charge in [-0.3, -0.25) is 14.9 Å². The quantitative estimate of drug-likeness (QED) is 0.339. The first-order chi connectivity index (χ1) is 18.3. The molecule has 0 aliphatic carbocycles. The van der Waals surface area contributed by atoms with Crippen LogP contribution in [0.15, 0.2) is 41.9 Å². The van der Waals surface area contributed by atoms with Crippen molar-refractivity contribution in [2.24, 2.45) is 0 Å². The molecule has 0 saturated heterocycles. The molecule has 0 radical (unpaired) electrons. The summed E-state index contributed by atoms with van der Waals surface area (Å²) in [5.41, 5.74) is 1.67. The summed E-state index contributed by atoms with van der Waals surface area (Å²) in [5, 5.41) is 12.7. The maximum atomic E-state index is 13.3. The van der Waals surface area contributed by atoms with E-state index in [0.29, 0.717) is 16.5 Å². The average Bonchev–Trinajstić information content (AvgIpc) is 3.66. The van der Waals surface area contributed by atoms with Crippen molar-refractivity contribution in [3.63, 3.8) is 0 Å². The SMILES string of the molecule is O=C1NC(=O)C(c2c[nH]c3sccc23)=C1c1nc(N2CCn3c(nnc3C(F)(F)F)C2)nc2ccccc12. The third-order valence-corrected chi connectivity index (χ3v) is 7.47. The molecule has 0 bridgehead atoms. The van der Waals surface area contributed by atoms with Crippen LogP contribution in [0, 0.1) is 0 Å². The van der Waals surface area contributed by atoms with Gasteiger partial charge in [0.25, 0.3) is 11.8 Å². The molecule has 38 heavy (non-hydrogen) atoms. The van der Waals surface area contributed by atoms with E-state index in [1.807, 2.05) is 11.4 Å². The average molecular weight is 536 g/mol. The number of carbonyl (C=O) groups is 2. The molecule has 5 aromatic rings. The summed E-state index contributed by atoms with van der Waals surface area (Å²) in [6.45, 7) is 0.136. The van der Waals surface area contributed by atoms with Gasteiger partial charge in [-0.05, 0) is 17.5 Å². The normalized spacial score (nSPS) is 16.1. The fourth-order valence-electron chi connectivity index (χ4n) is 4.93. The highest BCUT2D eigenvalue weighted by atomic mass is 32.1. The van der Waals surface area contributed by atoms with Crippen molar-refractivity contribution < 1.29 is 22.8 Å². The predicted molar refractivity (Wildman–Crippen MR) is 132 cm³/mol. The summed E-state index contributed by atoms with van der Waals surface area (Å²) < 4.78 is 40.9. The van der Waals surface area contributed by atoms with Crippen LogP contribution in [0.4, 0.5) is 19.1 Å². The van der Waals surface area contributed by atoms with Crippen molar-refractivity contribution in [3.05, 3.63) is 64.8 Å². The van der Waals surface area contributed by atoms with Crippen LogP contribution in [0.2, 0.25) is 0 Å². The third-order valence-electron chi connectivity index (χ3n) is 6.62. The number of benzene rings is 1. The van der Waals surface area contributed by atoms with Gasteiger partial charge in [0.05, 0.1) is 28.9 Å². The number of nitrogens with zero attached hydrogens (tertiary/aromatic N) is 6. The highest BCUT2D eigenvalue weighted by Crippen LogP contribution is 2.38. The van der Waals surface area contributed by atoms with E-state index in [9.17, 15) is 22.8 Å². The van der Waals surface area contributed by atoms with Crippen LogP contribution >= 0.6 is 11.3 Å². The second-order valence-electron chi connectivity index (χ2n) is 8.80. The van der Waals surface area contributed by atoms with E-state index in [4.69, 9.17) is 4.98 Å². The minimum Gasteiger partial charge on any atom is -0.352 e. The number of fused-ring (bicyclic) bond motifs is 3. The molecular formula is C24H15F3N8O2S. The van der Waals surface area contributed by atoms with E-state index in [-0.39, 0.29) is 48.2 Å². The number of hydrogen-bond donors (Lipinski definition) is 2. The van der Waals surface area contributed by atoms with E-state index in [1.54, 1.807) is 35.4 Å². The number of rotatable bonds is 3. The second kappa shape index (κ2) is 7.95. The maximum Gasteiger partial charge on any atom is 0.451 e. The molecule has 4 aromatic heterocycles. The van der Waals surface area contributed by atoms with Crippen LogP contribution in [0.3, 0.4) is 0 Å². The van der Waals surface area contributed by atoms with Crippen molar-refractivity contribution in [2.45, 2.75) is 19.3 Å². The fourth-order valence-corrected chi connectivity index (χ4v) is 5.70. The first kappa shape index (κ1) is 22.6. The van der Waals surface area contributed by atoms with Crippen LogP contribution in [0.1, 0.15) is 22.9 Å². The van der Waals surface area contributed by atoms with E-state index >= 15 is 0 Å². The minimum atomic E-state index is -4.61. The number of para-hydroxylation sites is 1. The molecule has 2 aliphatic rings. The Labute approximate surface area is 214 Å². The van der Waals surface area contributed by atoms with Crippen molar-refractivity contribution >= 4 is 61.4 Å². The second-order valence-corrected chi connectivity index (χ2v) is 9.72. The van der Waals surface area contributed by atoms with Gasteiger partial charge >= 0.3 is 6.18 Å². The van der Waals surface area contributed by atoms with Gasteiger partial charge in [0, 0.05) is 35.6 Å². The van der Waals surface area contributed by atoms with Crippen LogP contribution in [0.5, 0.6) is 0 Å². The lowest BCUT2D eigenvalue weighted by Crippen LogP contribution is -2.36. The third kappa shape index (κ3) is 3.33. The molecule has 2 aliphatic heterocycles. The molecule has 6 heterocycles. The molecule has 2 amide bonds. The molecule has 0 atom stereocenters. The zero-order valence-corrected chi connectivity index (χ0v) is 20.0. The summed E-state index contributed by atoms with van der Waals surface area (Å²) in [6.07, 6.45) is -2.92. The Bertz CT molecular complexity index is 1830. The predicted octanol–water partition coefficient (Wildman–Crippen LogP) is 3.37. The number of nitrogens with one attached hydrogen (secondary N) is 2. The Hall–Kier alpha value is -4.59. The number of hydrogen-bond acceptors (Lipinski definition) is 8. The van der Waals surface area contributed by atoms with Crippen molar-refractivity contribution in [2.75, 3.05) is 11.4 Å². The molecule has 1 aromatic carbocycles. The van der Waals surface area contributed by atoms with Gasteiger partial charge < -0.3 is 14.5 Å². The Morgan fingerprint density at radius 2 is 1.76 bits per heavy atom. The minimum absolute atomic E-state index is 0.00870. The summed E-state index contributed by atoms with van der Waals surface area (Å²) in [7, 11) is 0. The number of anilines is 1. The lowest BCUT2D eigenvalue weighted by molar-refractivity contribution is -0.147. The topological polar surface area (TPSA) is 122 Å². The Morgan fingerprint density at radius 1 is 0.947 bits per heavy atom. The van der Waals surface area contributed by atoms with Crippen LogP contribution in [-0.2, 0) is 28.9 Å². The number of imide groups is 1. The van der Waals surface area contributed by atoms with E-state index in [0.717, 1.165) is 14.8 Å².